The molecule has 0 radical (unpaired) electrons. The Morgan fingerprint density at radius 3 is 1.52 bits per heavy atom. The van der Waals surface area contributed by atoms with Gasteiger partial charge in [0.05, 0.1) is 6.61 Å². The molecule has 208 valence electrons. The number of pyridine rings is 2. The topological polar surface area (TPSA) is 34.1 Å². The van der Waals surface area contributed by atoms with Gasteiger partial charge < -0.3 is 4.74 Å². The van der Waals surface area contributed by atoms with E-state index in [0.29, 0.717) is 6.61 Å². The summed E-state index contributed by atoms with van der Waals surface area (Å²) in [4.78, 5) is 13.0. The molecule has 4 rings (SSSR count). The van der Waals surface area contributed by atoms with Gasteiger partial charge in [0.2, 0.25) is 0 Å². The summed E-state index contributed by atoms with van der Waals surface area (Å²) >= 11 is 0. The molecule has 0 unspecified atom stereocenters. The average molecular weight is 537 g/mol. The van der Waals surface area contributed by atoms with E-state index in [9.17, 15) is 4.79 Å². The zero-order valence-corrected chi connectivity index (χ0v) is 24.0. The number of hydrogen-bond donors (Lipinski definition) is 0. The van der Waals surface area contributed by atoms with E-state index in [4.69, 9.17) is 4.74 Å². The van der Waals surface area contributed by atoms with E-state index in [1.807, 2.05) is 60.7 Å². The van der Waals surface area contributed by atoms with Gasteiger partial charge in [-0.15, -0.1) is 0 Å². The summed E-state index contributed by atoms with van der Waals surface area (Å²) in [5.41, 5.74) is 4.44. The Morgan fingerprint density at radius 1 is 0.600 bits per heavy atom. The highest BCUT2D eigenvalue weighted by Crippen LogP contribution is 2.26. The maximum atomic E-state index is 13.0. The lowest BCUT2D eigenvalue weighted by atomic mass is 9.91. The summed E-state index contributed by atoms with van der Waals surface area (Å²) < 4.78 is 10.3. The minimum absolute atomic E-state index is 0.173. The molecule has 0 saturated carbocycles. The second kappa shape index (κ2) is 16.3. The second-order valence-electron chi connectivity index (χ2n) is 10.5. The number of unbranched alkanes of at least 4 members (excludes halogenated alkanes) is 6. The third kappa shape index (κ3) is 9.15. The monoisotopic (exact) mass is 536 g/mol. The van der Waals surface area contributed by atoms with E-state index >= 15 is 0 Å². The SMILES string of the molecule is CCCCCC[n+]1ccc(-c2cc[n+](CCCCCCOC(=O)C(c3ccccc3)c3ccccc3)cc2)cc1. The number of rotatable bonds is 16. The number of benzene rings is 2. The first-order valence-electron chi connectivity index (χ1n) is 15.0. The van der Waals surface area contributed by atoms with Crippen LogP contribution >= 0.6 is 0 Å². The zero-order valence-electron chi connectivity index (χ0n) is 24.0. The third-order valence-electron chi connectivity index (χ3n) is 7.44. The summed E-state index contributed by atoms with van der Waals surface area (Å²) in [7, 11) is 0. The number of esters is 1. The number of aromatic nitrogens is 2. The summed E-state index contributed by atoms with van der Waals surface area (Å²) in [5.74, 6) is -0.553. The van der Waals surface area contributed by atoms with Crippen LogP contribution < -0.4 is 9.13 Å². The normalized spacial score (nSPS) is 11.1. The molecule has 2 aromatic heterocycles. The van der Waals surface area contributed by atoms with Gasteiger partial charge in [-0.1, -0.05) is 80.4 Å². The summed E-state index contributed by atoms with van der Waals surface area (Å²) in [5, 5.41) is 0. The lowest BCUT2D eigenvalue weighted by molar-refractivity contribution is -0.697. The molecule has 2 heterocycles. The van der Waals surface area contributed by atoms with Gasteiger partial charge in [0.1, 0.15) is 19.0 Å². The van der Waals surface area contributed by atoms with E-state index < -0.39 is 0 Å². The highest BCUT2D eigenvalue weighted by Gasteiger charge is 2.23. The molecule has 40 heavy (non-hydrogen) atoms. The predicted octanol–water partition coefficient (Wildman–Crippen LogP) is 7.44. The highest BCUT2D eigenvalue weighted by molar-refractivity contribution is 5.82. The summed E-state index contributed by atoms with van der Waals surface area (Å²) in [6.45, 7) is 4.81. The van der Waals surface area contributed by atoms with E-state index in [0.717, 1.165) is 49.9 Å². The van der Waals surface area contributed by atoms with Crippen LogP contribution in [0.2, 0.25) is 0 Å². The van der Waals surface area contributed by atoms with Crippen LogP contribution in [0.15, 0.2) is 110 Å². The van der Waals surface area contributed by atoms with Gasteiger partial charge in [-0.2, -0.15) is 0 Å². The van der Waals surface area contributed by atoms with Gasteiger partial charge in [-0.25, -0.2) is 9.13 Å². The van der Waals surface area contributed by atoms with Crippen molar-refractivity contribution < 1.29 is 18.7 Å². The Hall–Kier alpha value is -3.79. The van der Waals surface area contributed by atoms with E-state index in [1.165, 1.54) is 36.8 Å². The summed E-state index contributed by atoms with van der Waals surface area (Å²) in [6, 6.07) is 28.6. The molecule has 4 heteroatoms. The van der Waals surface area contributed by atoms with Gasteiger partial charge >= 0.3 is 5.97 Å². The maximum absolute atomic E-state index is 13.0. The van der Waals surface area contributed by atoms with Crippen molar-refractivity contribution in [3.63, 3.8) is 0 Å². The van der Waals surface area contributed by atoms with Crippen molar-refractivity contribution in [2.75, 3.05) is 6.61 Å². The molecule has 0 aliphatic rings. The molecular weight excluding hydrogens is 492 g/mol. The van der Waals surface area contributed by atoms with Gasteiger partial charge in [0.25, 0.3) is 0 Å². The minimum atomic E-state index is -0.381. The molecule has 0 fully saturated rings. The molecule has 0 aliphatic carbocycles. The van der Waals surface area contributed by atoms with Crippen LogP contribution in [0.1, 0.15) is 75.3 Å². The smallest absolute Gasteiger partial charge is 0.317 e. The van der Waals surface area contributed by atoms with Crippen LogP contribution in [0.4, 0.5) is 0 Å². The van der Waals surface area contributed by atoms with Crippen molar-refractivity contribution >= 4 is 5.97 Å². The van der Waals surface area contributed by atoms with Crippen LogP contribution in [0.3, 0.4) is 0 Å². The number of hydrogen-bond acceptors (Lipinski definition) is 2. The van der Waals surface area contributed by atoms with Crippen molar-refractivity contribution in [1.29, 1.82) is 0 Å². The largest absolute Gasteiger partial charge is 0.465 e. The molecule has 0 atom stereocenters. The van der Waals surface area contributed by atoms with Gasteiger partial charge in [-0.3, -0.25) is 4.79 Å². The number of carbonyl (C=O) groups excluding carboxylic acids is 1. The standard InChI is InChI=1S/C36H44N2O2/c1-2-3-4-13-24-37-26-20-31(21-27-37)32-22-28-38(29-23-32)25-14-5-6-15-30-40-36(39)35(33-16-9-7-10-17-33)34-18-11-8-12-19-34/h7-12,16-23,26-29,35H,2-6,13-15,24-25,30H2,1H3/q+2. The molecule has 2 aromatic carbocycles. The van der Waals surface area contributed by atoms with E-state index in [2.05, 4.69) is 65.1 Å². The Kier molecular flexibility index (Phi) is 11.9. The number of carbonyl (C=O) groups is 1. The molecule has 0 spiro atoms. The Bertz CT molecular complexity index is 1220. The lowest BCUT2D eigenvalue weighted by Gasteiger charge is -2.17. The molecule has 4 aromatic rings. The van der Waals surface area contributed by atoms with Crippen LogP contribution in [0.25, 0.3) is 11.1 Å². The Morgan fingerprint density at radius 2 is 1.05 bits per heavy atom. The van der Waals surface area contributed by atoms with Crippen LogP contribution in [-0.4, -0.2) is 12.6 Å². The van der Waals surface area contributed by atoms with Crippen molar-refractivity contribution in [2.24, 2.45) is 0 Å². The Labute approximate surface area is 240 Å². The quantitative estimate of drug-likeness (QED) is 0.0847. The molecule has 0 bridgehead atoms. The minimum Gasteiger partial charge on any atom is -0.465 e. The molecule has 0 N–H and O–H groups in total. The fraction of sp³-hybridized carbons (Fsp3) is 0.361. The van der Waals surface area contributed by atoms with Gasteiger partial charge in [0.15, 0.2) is 24.8 Å². The Balaban J connectivity index is 1.15. The van der Waals surface area contributed by atoms with E-state index in [-0.39, 0.29) is 11.9 Å². The van der Waals surface area contributed by atoms with Crippen LogP contribution in [0, 0.1) is 0 Å². The fourth-order valence-electron chi connectivity index (χ4n) is 5.08. The van der Waals surface area contributed by atoms with Crippen molar-refractivity contribution in [1.82, 2.24) is 0 Å². The van der Waals surface area contributed by atoms with Crippen molar-refractivity contribution in [3.8, 4) is 11.1 Å². The molecule has 0 amide bonds. The van der Waals surface area contributed by atoms with Crippen molar-refractivity contribution in [2.45, 2.75) is 77.3 Å². The van der Waals surface area contributed by atoms with Gasteiger partial charge in [0, 0.05) is 37.1 Å². The molecule has 0 aliphatic heterocycles. The summed E-state index contributed by atoms with van der Waals surface area (Å²) in [6.07, 6.45) is 18.1. The first kappa shape index (κ1) is 29.2. The molecular formula is C36H44N2O2+2. The van der Waals surface area contributed by atoms with Crippen LogP contribution in [-0.2, 0) is 22.6 Å². The number of aryl methyl sites for hydroxylation is 2. The average Bonchev–Trinajstić information content (AvgIpc) is 3.01. The molecule has 0 saturated heterocycles. The zero-order chi connectivity index (χ0) is 27.8. The van der Waals surface area contributed by atoms with Crippen LogP contribution in [0.5, 0.6) is 0 Å². The first-order chi connectivity index (χ1) is 19.7. The lowest BCUT2D eigenvalue weighted by Crippen LogP contribution is -2.33. The molecule has 4 nitrogen and oxygen atoms in total. The first-order valence-corrected chi connectivity index (χ1v) is 15.0. The third-order valence-corrected chi connectivity index (χ3v) is 7.44. The highest BCUT2D eigenvalue weighted by atomic mass is 16.5. The number of ether oxygens (including phenoxy) is 1. The second-order valence-corrected chi connectivity index (χ2v) is 10.5. The van der Waals surface area contributed by atoms with E-state index in [1.54, 1.807) is 0 Å². The number of nitrogens with zero attached hydrogens (tertiary/aromatic N) is 2. The maximum Gasteiger partial charge on any atom is 0.317 e. The van der Waals surface area contributed by atoms with Crippen molar-refractivity contribution in [3.05, 3.63) is 121 Å². The fourth-order valence-corrected chi connectivity index (χ4v) is 5.08. The van der Waals surface area contributed by atoms with Gasteiger partial charge in [-0.05, 0) is 47.9 Å². The predicted molar refractivity (Wildman–Crippen MR) is 161 cm³/mol.